The molecule has 1 aromatic carbocycles. The number of aromatic nitrogens is 2. The summed E-state index contributed by atoms with van der Waals surface area (Å²) >= 11 is 0. The molecule has 0 aliphatic carbocycles. The Kier molecular flexibility index (Phi) is 5.75. The lowest BCUT2D eigenvalue weighted by atomic mass is 9.94. The summed E-state index contributed by atoms with van der Waals surface area (Å²) in [6.07, 6.45) is 3.66. The predicted molar refractivity (Wildman–Crippen MR) is 109 cm³/mol. The zero-order chi connectivity index (χ0) is 19.6. The highest BCUT2D eigenvalue weighted by Gasteiger charge is 2.20. The molecule has 2 aromatic rings. The minimum absolute atomic E-state index is 0.205. The van der Waals surface area contributed by atoms with Crippen molar-refractivity contribution in [3.05, 3.63) is 41.7 Å². The fourth-order valence-corrected chi connectivity index (χ4v) is 3.53. The number of carbonyl (C=O) groups excluding carboxylic acids is 1. The summed E-state index contributed by atoms with van der Waals surface area (Å²) in [4.78, 5) is 25.7. The standard InChI is InChI=1S/C21H29N5O/c1-14(2)18-11-16(5-6-17(18)21(22)27)19-12-24-20(13-23-19)26-9-7-25(8-10-26)15(3)4/h5-6,11-15H,7-10H2,1-4H3,(H2,22,27). The van der Waals surface area contributed by atoms with E-state index in [0.29, 0.717) is 11.6 Å². The third-order valence-electron chi connectivity index (χ3n) is 5.24. The molecule has 1 saturated heterocycles. The van der Waals surface area contributed by atoms with Gasteiger partial charge in [0.15, 0.2) is 0 Å². The molecule has 1 aliphatic heterocycles. The van der Waals surface area contributed by atoms with Crippen molar-refractivity contribution in [3.63, 3.8) is 0 Å². The van der Waals surface area contributed by atoms with Gasteiger partial charge in [-0.15, -0.1) is 0 Å². The molecule has 6 nitrogen and oxygen atoms in total. The van der Waals surface area contributed by atoms with Gasteiger partial charge in [-0.05, 0) is 37.5 Å². The summed E-state index contributed by atoms with van der Waals surface area (Å²) in [5, 5.41) is 0. The van der Waals surface area contributed by atoms with Crippen LogP contribution in [-0.2, 0) is 0 Å². The van der Waals surface area contributed by atoms with Crippen LogP contribution in [0.5, 0.6) is 0 Å². The molecule has 0 unspecified atom stereocenters. The number of primary amides is 1. The Balaban J connectivity index is 1.78. The maximum Gasteiger partial charge on any atom is 0.248 e. The molecule has 3 rings (SSSR count). The molecular weight excluding hydrogens is 338 g/mol. The molecule has 0 radical (unpaired) electrons. The Morgan fingerprint density at radius 2 is 1.74 bits per heavy atom. The van der Waals surface area contributed by atoms with Crippen molar-refractivity contribution in [1.82, 2.24) is 14.9 Å². The van der Waals surface area contributed by atoms with E-state index < -0.39 is 5.91 Å². The van der Waals surface area contributed by atoms with Gasteiger partial charge in [-0.3, -0.25) is 14.7 Å². The van der Waals surface area contributed by atoms with Crippen LogP contribution in [0.15, 0.2) is 30.6 Å². The van der Waals surface area contributed by atoms with E-state index in [0.717, 1.165) is 48.8 Å². The second-order valence-corrected chi connectivity index (χ2v) is 7.70. The van der Waals surface area contributed by atoms with Gasteiger partial charge in [-0.2, -0.15) is 0 Å². The van der Waals surface area contributed by atoms with E-state index in [2.05, 4.69) is 47.5 Å². The quantitative estimate of drug-likeness (QED) is 0.879. The predicted octanol–water partition coefficient (Wildman–Crippen LogP) is 2.90. The van der Waals surface area contributed by atoms with Crippen LogP contribution >= 0.6 is 0 Å². The third kappa shape index (κ3) is 4.27. The van der Waals surface area contributed by atoms with Crippen molar-refractivity contribution in [3.8, 4) is 11.3 Å². The summed E-state index contributed by atoms with van der Waals surface area (Å²) in [7, 11) is 0. The number of nitrogens with zero attached hydrogens (tertiary/aromatic N) is 4. The second-order valence-electron chi connectivity index (χ2n) is 7.70. The fraction of sp³-hybridized carbons (Fsp3) is 0.476. The molecule has 2 heterocycles. The summed E-state index contributed by atoms with van der Waals surface area (Å²) in [5.74, 6) is 0.726. The van der Waals surface area contributed by atoms with Crippen LogP contribution < -0.4 is 10.6 Å². The number of piperazine rings is 1. The van der Waals surface area contributed by atoms with E-state index in [1.807, 2.05) is 24.5 Å². The van der Waals surface area contributed by atoms with Crippen LogP contribution in [0.4, 0.5) is 5.82 Å². The molecule has 0 spiro atoms. The normalized spacial score (nSPS) is 15.6. The molecule has 1 amide bonds. The van der Waals surface area contributed by atoms with Crippen molar-refractivity contribution in [1.29, 1.82) is 0 Å². The Bertz CT molecular complexity index is 793. The first-order valence-electron chi connectivity index (χ1n) is 9.62. The maximum atomic E-state index is 11.6. The van der Waals surface area contributed by atoms with Gasteiger partial charge in [0.1, 0.15) is 5.82 Å². The van der Waals surface area contributed by atoms with Gasteiger partial charge in [-0.1, -0.05) is 19.9 Å². The van der Waals surface area contributed by atoms with Gasteiger partial charge in [0, 0.05) is 43.3 Å². The lowest BCUT2D eigenvalue weighted by Gasteiger charge is -2.37. The zero-order valence-corrected chi connectivity index (χ0v) is 16.6. The number of hydrogen-bond donors (Lipinski definition) is 1. The minimum atomic E-state index is -0.396. The molecule has 144 valence electrons. The Morgan fingerprint density at radius 1 is 1.04 bits per heavy atom. The first kappa shape index (κ1) is 19.3. The Hall–Kier alpha value is -2.47. The number of benzene rings is 1. The van der Waals surface area contributed by atoms with Crippen LogP contribution in [0, 0.1) is 0 Å². The highest BCUT2D eigenvalue weighted by Crippen LogP contribution is 2.26. The fourth-order valence-electron chi connectivity index (χ4n) is 3.53. The number of carbonyl (C=O) groups is 1. The average Bonchev–Trinajstić information content (AvgIpc) is 2.67. The van der Waals surface area contributed by atoms with E-state index in [-0.39, 0.29) is 5.92 Å². The van der Waals surface area contributed by atoms with Gasteiger partial charge in [-0.25, -0.2) is 4.98 Å². The smallest absolute Gasteiger partial charge is 0.248 e. The van der Waals surface area contributed by atoms with E-state index >= 15 is 0 Å². The summed E-state index contributed by atoms with van der Waals surface area (Å²) in [5.41, 5.74) is 8.76. The highest BCUT2D eigenvalue weighted by molar-refractivity contribution is 5.95. The monoisotopic (exact) mass is 367 g/mol. The largest absolute Gasteiger partial charge is 0.366 e. The van der Waals surface area contributed by atoms with Gasteiger partial charge in [0.25, 0.3) is 0 Å². The van der Waals surface area contributed by atoms with Crippen molar-refractivity contribution in [2.45, 2.75) is 39.7 Å². The molecule has 2 N–H and O–H groups in total. The van der Waals surface area contributed by atoms with Crippen LogP contribution in [0.1, 0.15) is 49.5 Å². The van der Waals surface area contributed by atoms with E-state index in [1.165, 1.54) is 0 Å². The third-order valence-corrected chi connectivity index (χ3v) is 5.24. The number of rotatable bonds is 5. The molecule has 1 aliphatic rings. The number of anilines is 1. The second kappa shape index (κ2) is 8.05. The molecule has 0 atom stereocenters. The van der Waals surface area contributed by atoms with E-state index in [4.69, 9.17) is 5.73 Å². The van der Waals surface area contributed by atoms with E-state index in [1.54, 1.807) is 6.07 Å². The molecule has 6 heteroatoms. The number of hydrogen-bond acceptors (Lipinski definition) is 5. The summed E-state index contributed by atoms with van der Waals surface area (Å²) in [6.45, 7) is 12.6. The van der Waals surface area contributed by atoms with Gasteiger partial charge >= 0.3 is 0 Å². The first-order valence-corrected chi connectivity index (χ1v) is 9.62. The molecule has 0 bridgehead atoms. The van der Waals surface area contributed by atoms with Gasteiger partial charge < -0.3 is 10.6 Å². The van der Waals surface area contributed by atoms with Gasteiger partial charge in [0.2, 0.25) is 5.91 Å². The number of amides is 1. The lowest BCUT2D eigenvalue weighted by molar-refractivity contribution is 0.0999. The van der Waals surface area contributed by atoms with Crippen molar-refractivity contribution < 1.29 is 4.79 Å². The van der Waals surface area contributed by atoms with Crippen LogP contribution in [0.25, 0.3) is 11.3 Å². The lowest BCUT2D eigenvalue weighted by Crippen LogP contribution is -2.49. The van der Waals surface area contributed by atoms with Crippen LogP contribution in [0.3, 0.4) is 0 Å². The first-order chi connectivity index (χ1) is 12.9. The highest BCUT2D eigenvalue weighted by atomic mass is 16.1. The van der Waals surface area contributed by atoms with Crippen molar-refractivity contribution in [2.24, 2.45) is 5.73 Å². The van der Waals surface area contributed by atoms with Crippen LogP contribution in [-0.4, -0.2) is 53.0 Å². The number of nitrogens with two attached hydrogens (primary N) is 1. The topological polar surface area (TPSA) is 75.3 Å². The maximum absolute atomic E-state index is 11.6. The molecular formula is C21H29N5O. The molecule has 1 fully saturated rings. The SMILES string of the molecule is CC(C)c1cc(-c2cnc(N3CCN(C(C)C)CC3)cn2)ccc1C(N)=O. The molecule has 27 heavy (non-hydrogen) atoms. The minimum Gasteiger partial charge on any atom is -0.366 e. The average molecular weight is 367 g/mol. The Morgan fingerprint density at radius 3 is 2.26 bits per heavy atom. The molecule has 1 aromatic heterocycles. The summed E-state index contributed by atoms with van der Waals surface area (Å²) < 4.78 is 0. The van der Waals surface area contributed by atoms with Gasteiger partial charge in [0.05, 0.1) is 18.1 Å². The van der Waals surface area contributed by atoms with Crippen LogP contribution in [0.2, 0.25) is 0 Å². The zero-order valence-electron chi connectivity index (χ0n) is 16.6. The molecule has 0 saturated carbocycles. The van der Waals surface area contributed by atoms with Crippen molar-refractivity contribution in [2.75, 3.05) is 31.1 Å². The van der Waals surface area contributed by atoms with E-state index in [9.17, 15) is 4.79 Å². The summed E-state index contributed by atoms with van der Waals surface area (Å²) in [6, 6.07) is 6.25. The van der Waals surface area contributed by atoms with Crippen molar-refractivity contribution >= 4 is 11.7 Å². The Labute approximate surface area is 161 Å².